The van der Waals surface area contributed by atoms with Crippen LogP contribution in [-0.2, 0) is 16.6 Å². The number of amides is 1. The Bertz CT molecular complexity index is 825. The molecule has 2 aromatic rings. The Hall–Kier alpha value is -2.20. The van der Waals surface area contributed by atoms with Crippen molar-refractivity contribution in [2.24, 2.45) is 0 Å². The van der Waals surface area contributed by atoms with Gasteiger partial charge in [-0.3, -0.25) is 9.48 Å². The molecule has 1 N–H and O–H groups in total. The van der Waals surface area contributed by atoms with Crippen LogP contribution in [0, 0.1) is 6.92 Å². The van der Waals surface area contributed by atoms with E-state index in [2.05, 4.69) is 15.0 Å². The standard InChI is InChI=1S/C13H17N5O4S/c1-9-5-12(22-16-9)13(19)17-7-10-3-4-14-18(10)11(8-17)6-15-23(2,20)21/h3-5,11,15H,6-8H2,1-2H3. The van der Waals surface area contributed by atoms with Gasteiger partial charge in [-0.1, -0.05) is 5.16 Å². The maximum absolute atomic E-state index is 12.5. The zero-order valence-corrected chi connectivity index (χ0v) is 13.6. The monoisotopic (exact) mass is 339 g/mol. The van der Waals surface area contributed by atoms with E-state index in [0.717, 1.165) is 11.9 Å². The second-order valence-electron chi connectivity index (χ2n) is 5.56. The van der Waals surface area contributed by atoms with Crippen LogP contribution < -0.4 is 4.72 Å². The fourth-order valence-electron chi connectivity index (χ4n) is 2.56. The molecule has 3 heterocycles. The summed E-state index contributed by atoms with van der Waals surface area (Å²) in [4.78, 5) is 14.1. The predicted molar refractivity (Wildman–Crippen MR) is 80.1 cm³/mol. The van der Waals surface area contributed by atoms with E-state index >= 15 is 0 Å². The summed E-state index contributed by atoms with van der Waals surface area (Å²) in [7, 11) is -3.32. The lowest BCUT2D eigenvalue weighted by Gasteiger charge is -2.33. The first-order valence-corrected chi connectivity index (χ1v) is 8.92. The SMILES string of the molecule is Cc1cc(C(=O)N2Cc3ccnn3C(CNS(C)(=O)=O)C2)on1. The van der Waals surface area contributed by atoms with Gasteiger partial charge >= 0.3 is 0 Å². The summed E-state index contributed by atoms with van der Waals surface area (Å²) < 4.78 is 31.9. The fourth-order valence-corrected chi connectivity index (χ4v) is 3.06. The number of hydrogen-bond donors (Lipinski definition) is 1. The van der Waals surface area contributed by atoms with Crippen LogP contribution in [0.1, 0.15) is 28.0 Å². The first-order chi connectivity index (χ1) is 10.8. The minimum atomic E-state index is -3.32. The highest BCUT2D eigenvalue weighted by atomic mass is 32.2. The Morgan fingerprint density at radius 3 is 2.96 bits per heavy atom. The zero-order chi connectivity index (χ0) is 16.6. The predicted octanol–water partition coefficient (Wildman–Crippen LogP) is -0.0742. The van der Waals surface area contributed by atoms with Crippen LogP contribution in [-0.4, -0.2) is 53.5 Å². The number of rotatable bonds is 4. The van der Waals surface area contributed by atoms with E-state index in [0.29, 0.717) is 18.8 Å². The van der Waals surface area contributed by atoms with Gasteiger partial charge in [-0.15, -0.1) is 0 Å². The zero-order valence-electron chi connectivity index (χ0n) is 12.8. The lowest BCUT2D eigenvalue weighted by Crippen LogP contribution is -2.45. The van der Waals surface area contributed by atoms with Crippen molar-refractivity contribution in [3.63, 3.8) is 0 Å². The number of aryl methyl sites for hydroxylation is 1. The van der Waals surface area contributed by atoms with Gasteiger partial charge in [0.2, 0.25) is 15.8 Å². The van der Waals surface area contributed by atoms with Crippen molar-refractivity contribution in [2.75, 3.05) is 19.3 Å². The molecule has 23 heavy (non-hydrogen) atoms. The van der Waals surface area contributed by atoms with Crippen molar-refractivity contribution in [3.8, 4) is 0 Å². The van der Waals surface area contributed by atoms with Crippen molar-refractivity contribution < 1.29 is 17.7 Å². The van der Waals surface area contributed by atoms with Crippen LogP contribution in [0.3, 0.4) is 0 Å². The van der Waals surface area contributed by atoms with Crippen molar-refractivity contribution in [2.45, 2.75) is 19.5 Å². The molecule has 0 aliphatic carbocycles. The number of nitrogens with zero attached hydrogens (tertiary/aromatic N) is 4. The molecule has 10 heteroatoms. The summed E-state index contributed by atoms with van der Waals surface area (Å²) in [6.07, 6.45) is 2.73. The van der Waals surface area contributed by atoms with Gasteiger partial charge in [-0.2, -0.15) is 5.10 Å². The summed E-state index contributed by atoms with van der Waals surface area (Å²) in [5.74, 6) is -0.104. The molecule has 9 nitrogen and oxygen atoms in total. The number of carbonyl (C=O) groups is 1. The summed E-state index contributed by atoms with van der Waals surface area (Å²) >= 11 is 0. The average molecular weight is 339 g/mol. The lowest BCUT2D eigenvalue weighted by molar-refractivity contribution is 0.0629. The summed E-state index contributed by atoms with van der Waals surface area (Å²) in [6.45, 7) is 2.61. The van der Waals surface area contributed by atoms with Gasteiger partial charge in [0.05, 0.1) is 30.2 Å². The second kappa shape index (κ2) is 5.78. The molecule has 1 aliphatic heterocycles. The van der Waals surface area contributed by atoms with Gasteiger partial charge in [-0.05, 0) is 13.0 Å². The van der Waals surface area contributed by atoms with Gasteiger partial charge in [0, 0.05) is 25.4 Å². The molecular weight excluding hydrogens is 322 g/mol. The van der Waals surface area contributed by atoms with Crippen molar-refractivity contribution >= 4 is 15.9 Å². The molecule has 0 radical (unpaired) electrons. The minimum absolute atomic E-state index is 0.159. The molecular formula is C13H17N5O4S. The van der Waals surface area contributed by atoms with Crippen LogP contribution in [0.15, 0.2) is 22.9 Å². The molecule has 0 saturated carbocycles. The maximum Gasteiger partial charge on any atom is 0.292 e. The van der Waals surface area contributed by atoms with Crippen molar-refractivity contribution in [1.82, 2.24) is 24.6 Å². The van der Waals surface area contributed by atoms with E-state index in [9.17, 15) is 13.2 Å². The van der Waals surface area contributed by atoms with Crippen LogP contribution in [0.4, 0.5) is 0 Å². The van der Waals surface area contributed by atoms with E-state index in [1.807, 2.05) is 0 Å². The van der Waals surface area contributed by atoms with Crippen LogP contribution in [0.25, 0.3) is 0 Å². The fraction of sp³-hybridized carbons (Fsp3) is 0.462. The maximum atomic E-state index is 12.5. The first-order valence-electron chi connectivity index (χ1n) is 7.03. The third-order valence-corrected chi connectivity index (χ3v) is 4.28. The number of fused-ring (bicyclic) bond motifs is 1. The van der Waals surface area contributed by atoms with Crippen molar-refractivity contribution in [1.29, 1.82) is 0 Å². The minimum Gasteiger partial charge on any atom is -0.351 e. The Balaban J connectivity index is 1.81. The van der Waals surface area contributed by atoms with Crippen LogP contribution >= 0.6 is 0 Å². The quantitative estimate of drug-likeness (QED) is 0.834. The van der Waals surface area contributed by atoms with Crippen molar-refractivity contribution in [3.05, 3.63) is 35.5 Å². The van der Waals surface area contributed by atoms with E-state index in [1.54, 1.807) is 34.8 Å². The highest BCUT2D eigenvalue weighted by Crippen LogP contribution is 2.22. The molecule has 124 valence electrons. The third kappa shape index (κ3) is 3.42. The Morgan fingerprint density at radius 2 is 2.30 bits per heavy atom. The van der Waals surface area contributed by atoms with Gasteiger partial charge in [0.25, 0.3) is 5.91 Å². The number of sulfonamides is 1. The van der Waals surface area contributed by atoms with Crippen LogP contribution in [0.2, 0.25) is 0 Å². The normalized spacial score (nSPS) is 18.0. The van der Waals surface area contributed by atoms with E-state index in [4.69, 9.17) is 4.52 Å². The molecule has 1 aliphatic rings. The summed E-state index contributed by atoms with van der Waals surface area (Å²) in [5, 5.41) is 7.94. The van der Waals surface area contributed by atoms with E-state index in [-0.39, 0.29) is 24.3 Å². The molecule has 1 atom stereocenters. The van der Waals surface area contributed by atoms with Gasteiger partial charge in [0.1, 0.15) is 0 Å². The molecule has 0 bridgehead atoms. The van der Waals surface area contributed by atoms with Gasteiger partial charge in [-0.25, -0.2) is 13.1 Å². The second-order valence-corrected chi connectivity index (χ2v) is 7.39. The molecule has 3 rings (SSSR count). The van der Waals surface area contributed by atoms with Gasteiger partial charge in [0.15, 0.2) is 0 Å². The van der Waals surface area contributed by atoms with E-state index < -0.39 is 10.0 Å². The molecule has 0 aromatic carbocycles. The molecule has 0 spiro atoms. The highest BCUT2D eigenvalue weighted by Gasteiger charge is 2.31. The first kappa shape index (κ1) is 15.7. The Kier molecular flexibility index (Phi) is 3.94. The summed E-state index contributed by atoms with van der Waals surface area (Å²) in [6, 6.07) is 3.10. The van der Waals surface area contributed by atoms with Gasteiger partial charge < -0.3 is 9.42 Å². The summed E-state index contributed by atoms with van der Waals surface area (Å²) in [5.41, 5.74) is 1.46. The largest absolute Gasteiger partial charge is 0.351 e. The number of nitrogens with one attached hydrogen (secondary N) is 1. The number of carbonyl (C=O) groups excluding carboxylic acids is 1. The highest BCUT2D eigenvalue weighted by molar-refractivity contribution is 7.88. The number of hydrogen-bond acceptors (Lipinski definition) is 6. The Labute approximate surface area is 133 Å². The molecule has 0 saturated heterocycles. The molecule has 2 aromatic heterocycles. The van der Waals surface area contributed by atoms with Crippen LogP contribution in [0.5, 0.6) is 0 Å². The third-order valence-electron chi connectivity index (χ3n) is 3.59. The smallest absolute Gasteiger partial charge is 0.292 e. The topological polar surface area (TPSA) is 110 Å². The number of aromatic nitrogens is 3. The lowest BCUT2D eigenvalue weighted by atomic mass is 10.2. The Morgan fingerprint density at radius 1 is 1.52 bits per heavy atom. The average Bonchev–Trinajstić information content (AvgIpc) is 3.11. The molecule has 0 fully saturated rings. The molecule has 1 amide bonds. The molecule has 1 unspecified atom stereocenters. The van der Waals surface area contributed by atoms with E-state index in [1.165, 1.54) is 0 Å².